The predicted molar refractivity (Wildman–Crippen MR) is 93.3 cm³/mol. The third kappa shape index (κ3) is 2.56. The van der Waals surface area contributed by atoms with Gasteiger partial charge in [-0.15, -0.1) is 11.8 Å². The average Bonchev–Trinajstić information content (AvgIpc) is 2.83. The molecule has 0 saturated heterocycles. The average molecular weight is 337 g/mol. The maximum absolute atomic E-state index is 12.2. The molecule has 1 N–H and O–H groups in total. The number of aryl methyl sites for hydroxylation is 1. The van der Waals surface area contributed by atoms with Gasteiger partial charge in [0, 0.05) is 24.2 Å². The molecular weight excluding hydrogens is 322 g/mol. The summed E-state index contributed by atoms with van der Waals surface area (Å²) in [7, 11) is 0. The molecule has 0 aromatic carbocycles. The molecular formula is C17H15N5OS. The molecule has 120 valence electrons. The lowest BCUT2D eigenvalue weighted by Crippen LogP contribution is -2.16. The Kier molecular flexibility index (Phi) is 3.78. The van der Waals surface area contributed by atoms with Gasteiger partial charge in [-0.1, -0.05) is 6.07 Å². The van der Waals surface area contributed by atoms with Crippen molar-refractivity contribution < 1.29 is 4.79 Å². The van der Waals surface area contributed by atoms with Crippen LogP contribution in [0.5, 0.6) is 0 Å². The summed E-state index contributed by atoms with van der Waals surface area (Å²) < 4.78 is 1.71. The lowest BCUT2D eigenvalue weighted by Gasteiger charge is -2.14. The summed E-state index contributed by atoms with van der Waals surface area (Å²) in [5.41, 5.74) is 3.01. The molecule has 1 aliphatic rings. The van der Waals surface area contributed by atoms with Crippen molar-refractivity contribution >= 4 is 23.5 Å². The summed E-state index contributed by atoms with van der Waals surface area (Å²) >= 11 is 1.60. The number of rotatable bonds is 2. The lowest BCUT2D eigenvalue weighted by molar-refractivity contribution is -0.113. The molecule has 0 saturated carbocycles. The highest BCUT2D eigenvalue weighted by atomic mass is 32.2. The Balaban J connectivity index is 1.90. The third-order valence-electron chi connectivity index (χ3n) is 3.88. The SMILES string of the molecule is Cc1nn(-c2ccccn2)c2c1C(c1ccncc1)SCC(=O)N2. The van der Waals surface area contributed by atoms with Crippen molar-refractivity contribution in [2.75, 3.05) is 11.1 Å². The molecule has 1 unspecified atom stereocenters. The number of anilines is 1. The van der Waals surface area contributed by atoms with Crippen LogP contribution in [-0.4, -0.2) is 31.4 Å². The first-order valence-corrected chi connectivity index (χ1v) is 8.61. The monoisotopic (exact) mass is 337 g/mol. The quantitative estimate of drug-likeness (QED) is 0.778. The van der Waals surface area contributed by atoms with Gasteiger partial charge in [-0.25, -0.2) is 4.98 Å². The number of aromatic nitrogens is 4. The van der Waals surface area contributed by atoms with E-state index in [0.717, 1.165) is 16.8 Å². The lowest BCUT2D eigenvalue weighted by atomic mass is 10.1. The van der Waals surface area contributed by atoms with Gasteiger partial charge in [0.1, 0.15) is 5.82 Å². The Hall–Kier alpha value is -2.67. The van der Waals surface area contributed by atoms with E-state index in [2.05, 4.69) is 20.4 Å². The minimum atomic E-state index is -0.0325. The zero-order valence-electron chi connectivity index (χ0n) is 13.0. The number of amides is 1. The summed E-state index contributed by atoms with van der Waals surface area (Å²) in [5, 5.41) is 7.65. The van der Waals surface area contributed by atoms with Gasteiger partial charge < -0.3 is 5.32 Å². The molecule has 0 bridgehead atoms. The minimum absolute atomic E-state index is 0.0272. The smallest absolute Gasteiger partial charge is 0.235 e. The Bertz CT molecular complexity index is 879. The molecule has 0 aliphatic carbocycles. The highest BCUT2D eigenvalue weighted by molar-refractivity contribution is 8.00. The number of nitrogens with one attached hydrogen (secondary N) is 1. The molecule has 7 heteroatoms. The number of hydrogen-bond donors (Lipinski definition) is 1. The molecule has 1 amide bonds. The van der Waals surface area contributed by atoms with E-state index in [4.69, 9.17) is 0 Å². The number of nitrogens with zero attached hydrogens (tertiary/aromatic N) is 4. The van der Waals surface area contributed by atoms with Gasteiger partial charge in [0.05, 0.1) is 16.7 Å². The fraction of sp³-hybridized carbons (Fsp3) is 0.176. The molecule has 0 spiro atoms. The number of thioether (sulfide) groups is 1. The van der Waals surface area contributed by atoms with E-state index in [1.807, 2.05) is 37.3 Å². The number of carbonyl (C=O) groups excluding carboxylic acids is 1. The normalized spacial score (nSPS) is 17.0. The van der Waals surface area contributed by atoms with Crippen LogP contribution >= 0.6 is 11.8 Å². The van der Waals surface area contributed by atoms with Gasteiger partial charge >= 0.3 is 0 Å². The molecule has 4 heterocycles. The van der Waals surface area contributed by atoms with Crippen LogP contribution in [0.1, 0.15) is 22.1 Å². The molecule has 1 atom stereocenters. The maximum Gasteiger partial charge on any atom is 0.235 e. The molecule has 3 aromatic heterocycles. The topological polar surface area (TPSA) is 72.7 Å². The van der Waals surface area contributed by atoms with Crippen LogP contribution in [-0.2, 0) is 4.79 Å². The number of hydrogen-bond acceptors (Lipinski definition) is 5. The van der Waals surface area contributed by atoms with Crippen molar-refractivity contribution in [3.05, 3.63) is 65.7 Å². The second kappa shape index (κ2) is 6.09. The van der Waals surface area contributed by atoms with Crippen molar-refractivity contribution in [2.24, 2.45) is 0 Å². The van der Waals surface area contributed by atoms with Crippen molar-refractivity contribution in [1.29, 1.82) is 0 Å². The molecule has 1 aliphatic heterocycles. The van der Waals surface area contributed by atoms with Crippen LogP contribution < -0.4 is 5.32 Å². The summed E-state index contributed by atoms with van der Waals surface area (Å²) in [6.45, 7) is 1.96. The highest BCUT2D eigenvalue weighted by Crippen LogP contribution is 2.43. The third-order valence-corrected chi connectivity index (χ3v) is 5.15. The van der Waals surface area contributed by atoms with E-state index in [1.165, 1.54) is 0 Å². The molecule has 6 nitrogen and oxygen atoms in total. The molecule has 24 heavy (non-hydrogen) atoms. The predicted octanol–water partition coefficient (Wildman–Crippen LogP) is 2.75. The van der Waals surface area contributed by atoms with E-state index < -0.39 is 0 Å². The fourth-order valence-electron chi connectivity index (χ4n) is 2.83. The van der Waals surface area contributed by atoms with Gasteiger partial charge in [-0.05, 0) is 36.8 Å². The van der Waals surface area contributed by atoms with Crippen molar-refractivity contribution in [2.45, 2.75) is 12.2 Å². The van der Waals surface area contributed by atoms with Crippen LogP contribution in [0.3, 0.4) is 0 Å². The molecule has 3 aromatic rings. The number of carbonyl (C=O) groups is 1. The van der Waals surface area contributed by atoms with E-state index in [1.54, 1.807) is 35.0 Å². The number of pyridine rings is 2. The van der Waals surface area contributed by atoms with Gasteiger partial charge in [0.25, 0.3) is 0 Å². The summed E-state index contributed by atoms with van der Waals surface area (Å²) in [5.74, 6) is 1.74. The zero-order valence-corrected chi connectivity index (χ0v) is 13.8. The largest absolute Gasteiger partial charge is 0.310 e. The van der Waals surface area contributed by atoms with Crippen molar-refractivity contribution in [1.82, 2.24) is 19.7 Å². The van der Waals surface area contributed by atoms with Crippen LogP contribution in [0.4, 0.5) is 5.82 Å². The first-order chi connectivity index (χ1) is 11.7. The summed E-state index contributed by atoms with van der Waals surface area (Å²) in [6.07, 6.45) is 5.26. The Morgan fingerprint density at radius 2 is 2.04 bits per heavy atom. The van der Waals surface area contributed by atoms with E-state index >= 15 is 0 Å². The van der Waals surface area contributed by atoms with Gasteiger partial charge in [0.2, 0.25) is 5.91 Å². The van der Waals surface area contributed by atoms with Crippen LogP contribution in [0.15, 0.2) is 48.9 Å². The minimum Gasteiger partial charge on any atom is -0.310 e. The van der Waals surface area contributed by atoms with Crippen molar-refractivity contribution in [3.8, 4) is 5.82 Å². The highest BCUT2D eigenvalue weighted by Gasteiger charge is 2.30. The van der Waals surface area contributed by atoms with E-state index in [-0.39, 0.29) is 11.2 Å². The van der Waals surface area contributed by atoms with E-state index in [0.29, 0.717) is 17.4 Å². The Morgan fingerprint density at radius 3 is 2.79 bits per heavy atom. The Labute approximate surface area is 143 Å². The fourth-order valence-corrected chi connectivity index (χ4v) is 4.02. The molecule has 4 rings (SSSR count). The van der Waals surface area contributed by atoms with Gasteiger partial charge in [0.15, 0.2) is 5.82 Å². The zero-order chi connectivity index (χ0) is 16.5. The van der Waals surface area contributed by atoms with Crippen molar-refractivity contribution in [3.63, 3.8) is 0 Å². The van der Waals surface area contributed by atoms with Crippen LogP contribution in [0, 0.1) is 6.92 Å². The standard InChI is InChI=1S/C17H15N5OS/c1-11-15-16(12-5-8-18-9-6-12)24-10-14(23)20-17(15)22(21-11)13-4-2-3-7-19-13/h2-9,16H,10H2,1H3,(H,20,23). The first-order valence-electron chi connectivity index (χ1n) is 7.56. The second-order valence-electron chi connectivity index (χ2n) is 5.47. The second-order valence-corrected chi connectivity index (χ2v) is 6.56. The van der Waals surface area contributed by atoms with Crippen LogP contribution in [0.25, 0.3) is 5.82 Å². The van der Waals surface area contributed by atoms with E-state index in [9.17, 15) is 4.79 Å². The Morgan fingerprint density at radius 1 is 1.21 bits per heavy atom. The first kappa shape index (κ1) is 14.9. The molecule has 0 fully saturated rings. The maximum atomic E-state index is 12.2. The number of fused-ring (bicyclic) bond motifs is 1. The molecule has 0 radical (unpaired) electrons. The summed E-state index contributed by atoms with van der Waals surface area (Å²) in [6, 6.07) is 9.59. The van der Waals surface area contributed by atoms with Gasteiger partial charge in [-0.3, -0.25) is 9.78 Å². The summed E-state index contributed by atoms with van der Waals surface area (Å²) in [4.78, 5) is 20.7. The van der Waals surface area contributed by atoms with Gasteiger partial charge in [-0.2, -0.15) is 9.78 Å². The van der Waals surface area contributed by atoms with Crippen LogP contribution in [0.2, 0.25) is 0 Å².